The third-order valence-electron chi connectivity index (χ3n) is 3.05. The number of sulfonamides is 1. The second-order valence-corrected chi connectivity index (χ2v) is 6.11. The molecule has 1 amide bonds. The van der Waals surface area contributed by atoms with Crippen LogP contribution in [0.2, 0.25) is 0 Å². The third kappa shape index (κ3) is 2.87. The zero-order valence-electron chi connectivity index (χ0n) is 10.7. The van der Waals surface area contributed by atoms with Gasteiger partial charge < -0.3 is 9.64 Å². The predicted octanol–water partition coefficient (Wildman–Crippen LogP) is 0.759. The highest BCUT2D eigenvalue weighted by Crippen LogP contribution is 2.17. The van der Waals surface area contributed by atoms with E-state index in [1.165, 1.54) is 16.3 Å². The number of nitrogens with zero attached hydrogens (tertiary/aromatic N) is 2. The molecule has 1 saturated heterocycles. The van der Waals surface area contributed by atoms with E-state index in [1.54, 1.807) is 30.3 Å². The fraction of sp³-hybridized carbons (Fsp3) is 0.417. The fourth-order valence-corrected chi connectivity index (χ4v) is 3.42. The Labute approximate surface area is 112 Å². The Hall–Kier alpha value is -1.60. The van der Waals surface area contributed by atoms with Crippen LogP contribution in [0, 0.1) is 0 Å². The van der Waals surface area contributed by atoms with Crippen molar-refractivity contribution in [1.82, 2.24) is 9.21 Å². The largest absolute Gasteiger partial charge is 0.453 e. The fourth-order valence-electron chi connectivity index (χ4n) is 1.98. The molecule has 1 aromatic rings. The molecular weight excluding hydrogens is 268 g/mol. The molecule has 0 bridgehead atoms. The third-order valence-corrected chi connectivity index (χ3v) is 4.97. The molecule has 0 N–H and O–H groups in total. The first kappa shape index (κ1) is 13.8. The smallest absolute Gasteiger partial charge is 0.409 e. The first-order chi connectivity index (χ1) is 9.05. The molecule has 1 aromatic carbocycles. The average Bonchev–Trinajstić information content (AvgIpc) is 2.47. The molecule has 7 heteroatoms. The number of ether oxygens (including phenoxy) is 1. The second-order valence-electron chi connectivity index (χ2n) is 4.17. The van der Waals surface area contributed by atoms with Gasteiger partial charge in [-0.25, -0.2) is 13.2 Å². The lowest BCUT2D eigenvalue weighted by Gasteiger charge is -2.33. The Morgan fingerprint density at radius 2 is 1.68 bits per heavy atom. The van der Waals surface area contributed by atoms with Gasteiger partial charge in [0.05, 0.1) is 12.0 Å². The van der Waals surface area contributed by atoms with E-state index in [0.717, 1.165) is 0 Å². The van der Waals surface area contributed by atoms with Crippen LogP contribution >= 0.6 is 0 Å². The van der Waals surface area contributed by atoms with Gasteiger partial charge in [-0.3, -0.25) is 0 Å². The number of amides is 1. The van der Waals surface area contributed by atoms with Crippen molar-refractivity contribution < 1.29 is 17.9 Å². The summed E-state index contributed by atoms with van der Waals surface area (Å²) in [5.74, 6) is 0. The van der Waals surface area contributed by atoms with Crippen LogP contribution in [0.25, 0.3) is 0 Å². The summed E-state index contributed by atoms with van der Waals surface area (Å²) < 4.78 is 30.7. The molecule has 0 unspecified atom stereocenters. The van der Waals surface area contributed by atoms with Crippen molar-refractivity contribution in [2.75, 3.05) is 33.3 Å². The molecule has 1 aliphatic rings. The Morgan fingerprint density at radius 3 is 2.21 bits per heavy atom. The number of hydrogen-bond acceptors (Lipinski definition) is 4. The number of rotatable bonds is 2. The quantitative estimate of drug-likeness (QED) is 0.804. The highest BCUT2D eigenvalue weighted by atomic mass is 32.2. The summed E-state index contributed by atoms with van der Waals surface area (Å²) in [5, 5.41) is 0. The molecule has 0 radical (unpaired) electrons. The van der Waals surface area contributed by atoms with Crippen LogP contribution < -0.4 is 0 Å². The van der Waals surface area contributed by atoms with Gasteiger partial charge in [0.2, 0.25) is 10.0 Å². The maximum absolute atomic E-state index is 12.3. The van der Waals surface area contributed by atoms with Crippen LogP contribution in [0.4, 0.5) is 4.79 Å². The van der Waals surface area contributed by atoms with E-state index in [1.807, 2.05) is 0 Å². The normalized spacial score (nSPS) is 17.2. The van der Waals surface area contributed by atoms with Crippen molar-refractivity contribution in [3.63, 3.8) is 0 Å². The summed E-state index contributed by atoms with van der Waals surface area (Å²) in [6.45, 7) is 1.26. The summed E-state index contributed by atoms with van der Waals surface area (Å²) in [4.78, 5) is 13.1. The SMILES string of the molecule is COC(=O)N1CCN(S(=O)(=O)c2ccccc2)CC1. The number of methoxy groups -OCH3 is 1. The van der Waals surface area contributed by atoms with Gasteiger partial charge >= 0.3 is 6.09 Å². The van der Waals surface area contributed by atoms with Crippen LogP contribution in [-0.4, -0.2) is 57.0 Å². The zero-order chi connectivity index (χ0) is 13.9. The van der Waals surface area contributed by atoms with Crippen molar-refractivity contribution in [2.45, 2.75) is 4.90 Å². The first-order valence-corrected chi connectivity index (χ1v) is 7.38. The van der Waals surface area contributed by atoms with Gasteiger partial charge in [0.1, 0.15) is 0 Å². The van der Waals surface area contributed by atoms with Crippen molar-refractivity contribution >= 4 is 16.1 Å². The summed E-state index contributed by atoms with van der Waals surface area (Å²) in [6, 6.07) is 8.30. The highest BCUT2D eigenvalue weighted by Gasteiger charge is 2.30. The summed E-state index contributed by atoms with van der Waals surface area (Å²) in [6.07, 6.45) is -0.420. The molecule has 0 aromatic heterocycles. The molecule has 0 spiro atoms. The van der Waals surface area contributed by atoms with E-state index >= 15 is 0 Å². The van der Waals surface area contributed by atoms with Gasteiger partial charge in [-0.05, 0) is 12.1 Å². The molecule has 6 nitrogen and oxygen atoms in total. The van der Waals surface area contributed by atoms with E-state index in [9.17, 15) is 13.2 Å². The van der Waals surface area contributed by atoms with Crippen LogP contribution in [0.5, 0.6) is 0 Å². The number of piperazine rings is 1. The van der Waals surface area contributed by atoms with Crippen LogP contribution in [0.1, 0.15) is 0 Å². The van der Waals surface area contributed by atoms with Crippen molar-refractivity contribution in [3.8, 4) is 0 Å². The summed E-state index contributed by atoms with van der Waals surface area (Å²) >= 11 is 0. The Kier molecular flexibility index (Phi) is 4.06. The monoisotopic (exact) mass is 284 g/mol. The van der Waals surface area contributed by atoms with Gasteiger partial charge in [0, 0.05) is 26.2 Å². The van der Waals surface area contributed by atoms with Crippen LogP contribution in [0.15, 0.2) is 35.2 Å². The number of carbonyl (C=O) groups is 1. The molecule has 2 rings (SSSR count). The molecule has 19 heavy (non-hydrogen) atoms. The molecule has 104 valence electrons. The molecular formula is C12H16N2O4S. The summed E-state index contributed by atoms with van der Waals surface area (Å²) in [5.41, 5.74) is 0. The first-order valence-electron chi connectivity index (χ1n) is 5.94. The Morgan fingerprint density at radius 1 is 1.11 bits per heavy atom. The molecule has 1 heterocycles. The van der Waals surface area contributed by atoms with Gasteiger partial charge in [0.15, 0.2) is 0 Å². The zero-order valence-corrected chi connectivity index (χ0v) is 11.5. The van der Waals surface area contributed by atoms with E-state index in [4.69, 9.17) is 0 Å². The second kappa shape index (κ2) is 5.58. The topological polar surface area (TPSA) is 66.9 Å². The van der Waals surface area contributed by atoms with Crippen molar-refractivity contribution in [3.05, 3.63) is 30.3 Å². The van der Waals surface area contributed by atoms with Crippen LogP contribution in [-0.2, 0) is 14.8 Å². The van der Waals surface area contributed by atoms with Crippen molar-refractivity contribution in [2.24, 2.45) is 0 Å². The predicted molar refractivity (Wildman–Crippen MR) is 69.2 cm³/mol. The van der Waals surface area contributed by atoms with E-state index in [2.05, 4.69) is 4.74 Å². The minimum atomic E-state index is -3.46. The maximum atomic E-state index is 12.3. The van der Waals surface area contributed by atoms with E-state index in [-0.39, 0.29) is 18.0 Å². The average molecular weight is 284 g/mol. The lowest BCUT2D eigenvalue weighted by Crippen LogP contribution is -2.50. The standard InChI is InChI=1S/C12H16N2O4S/c1-18-12(15)13-7-9-14(10-8-13)19(16,17)11-5-3-2-4-6-11/h2-6H,7-10H2,1H3. The minimum absolute atomic E-state index is 0.279. The Balaban J connectivity index is 2.08. The molecule has 1 fully saturated rings. The van der Waals surface area contributed by atoms with Crippen molar-refractivity contribution in [1.29, 1.82) is 0 Å². The van der Waals surface area contributed by atoms with Crippen LogP contribution in [0.3, 0.4) is 0 Å². The van der Waals surface area contributed by atoms with Gasteiger partial charge in [-0.2, -0.15) is 4.31 Å². The van der Waals surface area contributed by atoms with E-state index in [0.29, 0.717) is 13.1 Å². The number of benzene rings is 1. The maximum Gasteiger partial charge on any atom is 0.409 e. The Bertz CT molecular complexity index is 536. The summed E-state index contributed by atoms with van der Waals surface area (Å²) in [7, 11) is -2.15. The van der Waals surface area contributed by atoms with Gasteiger partial charge in [-0.1, -0.05) is 18.2 Å². The molecule has 0 aliphatic carbocycles. The van der Waals surface area contributed by atoms with Gasteiger partial charge in [0.25, 0.3) is 0 Å². The molecule has 1 aliphatic heterocycles. The van der Waals surface area contributed by atoms with E-state index < -0.39 is 16.1 Å². The minimum Gasteiger partial charge on any atom is -0.453 e. The van der Waals surface area contributed by atoms with Gasteiger partial charge in [-0.15, -0.1) is 0 Å². The number of hydrogen-bond donors (Lipinski definition) is 0. The lowest BCUT2D eigenvalue weighted by atomic mass is 10.4. The number of carbonyl (C=O) groups excluding carboxylic acids is 1. The molecule has 0 atom stereocenters. The lowest BCUT2D eigenvalue weighted by molar-refractivity contribution is 0.108. The molecule has 0 saturated carbocycles. The highest BCUT2D eigenvalue weighted by molar-refractivity contribution is 7.89.